The van der Waals surface area contributed by atoms with Crippen molar-refractivity contribution in [1.82, 2.24) is 4.57 Å². The van der Waals surface area contributed by atoms with Crippen LogP contribution in [0.4, 0.5) is 0 Å². The average molecular weight is 313 g/mol. The van der Waals surface area contributed by atoms with Gasteiger partial charge >= 0.3 is 0 Å². The van der Waals surface area contributed by atoms with E-state index in [9.17, 15) is 4.79 Å². The highest BCUT2D eigenvalue weighted by molar-refractivity contribution is 5.82. The molecule has 2 aromatic heterocycles. The van der Waals surface area contributed by atoms with Gasteiger partial charge in [-0.25, -0.2) is 0 Å². The van der Waals surface area contributed by atoms with Crippen LogP contribution in [0.1, 0.15) is 11.1 Å². The zero-order chi connectivity index (χ0) is 16.6. The number of aromatic nitrogens is 1. The van der Waals surface area contributed by atoms with E-state index in [2.05, 4.69) is 0 Å². The largest absolute Gasteiger partial charge is 0.491 e. The first-order valence-electron chi connectivity index (χ1n) is 7.45. The van der Waals surface area contributed by atoms with Gasteiger partial charge in [0.2, 0.25) is 0 Å². The van der Waals surface area contributed by atoms with Crippen LogP contribution < -0.4 is 10.3 Å². The number of fused-ring (bicyclic) bond motifs is 1. The average Bonchev–Trinajstić information content (AvgIpc) is 2.95. The van der Waals surface area contributed by atoms with E-state index in [0.717, 1.165) is 22.4 Å². The Bertz CT molecular complexity index is 897. The van der Waals surface area contributed by atoms with Crippen LogP contribution in [0.15, 0.2) is 39.7 Å². The van der Waals surface area contributed by atoms with Crippen molar-refractivity contribution in [2.24, 2.45) is 7.05 Å². The third kappa shape index (κ3) is 2.75. The number of ether oxygens (including phenoxy) is 1. The number of furan rings is 1. The molecular formula is C18H19NO4. The molecule has 0 fully saturated rings. The molecule has 0 atom stereocenters. The summed E-state index contributed by atoms with van der Waals surface area (Å²) in [6, 6.07) is 7.49. The van der Waals surface area contributed by atoms with Crippen LogP contribution >= 0.6 is 0 Å². The maximum absolute atomic E-state index is 12.1. The van der Waals surface area contributed by atoms with Gasteiger partial charge in [0.1, 0.15) is 23.7 Å². The van der Waals surface area contributed by atoms with Gasteiger partial charge < -0.3 is 18.8 Å². The van der Waals surface area contributed by atoms with Gasteiger partial charge in [-0.05, 0) is 49.2 Å². The Morgan fingerprint density at radius 1 is 1.22 bits per heavy atom. The molecule has 5 nitrogen and oxygen atoms in total. The fourth-order valence-corrected chi connectivity index (χ4v) is 2.74. The summed E-state index contributed by atoms with van der Waals surface area (Å²) in [5.41, 5.74) is 3.33. The molecule has 0 saturated carbocycles. The molecule has 0 aliphatic carbocycles. The summed E-state index contributed by atoms with van der Waals surface area (Å²) < 4.78 is 12.9. The Balaban J connectivity index is 2.08. The molecule has 2 heterocycles. The van der Waals surface area contributed by atoms with Crippen molar-refractivity contribution in [2.75, 3.05) is 13.2 Å². The molecule has 1 aromatic carbocycles. The standard InChI is InChI=1S/C18H19NO4/c1-11-8-13(9-12(2)17(11)22-7-6-20)16-10-14-15(23-16)4-5-19(3)18(14)21/h4-5,8-10,20H,6-7H2,1-3H3. The van der Waals surface area contributed by atoms with Crippen molar-refractivity contribution in [3.8, 4) is 17.1 Å². The number of nitrogens with zero attached hydrogens (tertiary/aromatic N) is 1. The fourth-order valence-electron chi connectivity index (χ4n) is 2.74. The number of aliphatic hydroxyl groups excluding tert-OH is 1. The third-order valence-electron chi connectivity index (χ3n) is 3.84. The maximum atomic E-state index is 12.1. The maximum Gasteiger partial charge on any atom is 0.261 e. The minimum atomic E-state index is -0.0751. The lowest BCUT2D eigenvalue weighted by molar-refractivity contribution is 0.200. The molecular weight excluding hydrogens is 294 g/mol. The van der Waals surface area contributed by atoms with Crippen LogP contribution in [0.5, 0.6) is 5.75 Å². The van der Waals surface area contributed by atoms with Crippen LogP contribution in [-0.4, -0.2) is 22.9 Å². The van der Waals surface area contributed by atoms with Gasteiger partial charge in [0.25, 0.3) is 5.56 Å². The van der Waals surface area contributed by atoms with E-state index in [1.165, 1.54) is 4.57 Å². The lowest BCUT2D eigenvalue weighted by Gasteiger charge is -2.12. The van der Waals surface area contributed by atoms with E-state index in [-0.39, 0.29) is 18.8 Å². The summed E-state index contributed by atoms with van der Waals surface area (Å²) in [5.74, 6) is 1.43. The molecule has 5 heteroatoms. The Labute approximate surface area is 133 Å². The predicted octanol–water partition coefficient (Wildman–Crippen LogP) is 2.79. The van der Waals surface area contributed by atoms with E-state index in [1.807, 2.05) is 26.0 Å². The molecule has 0 unspecified atom stereocenters. The summed E-state index contributed by atoms with van der Waals surface area (Å²) in [6.45, 7) is 4.14. The molecule has 3 rings (SSSR count). The second-order valence-electron chi connectivity index (χ2n) is 5.63. The first-order chi connectivity index (χ1) is 11.0. The predicted molar refractivity (Wildman–Crippen MR) is 88.9 cm³/mol. The second-order valence-corrected chi connectivity index (χ2v) is 5.63. The highest BCUT2D eigenvalue weighted by Crippen LogP contribution is 2.32. The quantitative estimate of drug-likeness (QED) is 0.804. The number of hydrogen-bond donors (Lipinski definition) is 1. The Hall–Kier alpha value is -2.53. The number of benzene rings is 1. The first kappa shape index (κ1) is 15.4. The number of rotatable bonds is 4. The highest BCUT2D eigenvalue weighted by atomic mass is 16.5. The van der Waals surface area contributed by atoms with Gasteiger partial charge in [-0.3, -0.25) is 4.79 Å². The van der Waals surface area contributed by atoms with E-state index in [4.69, 9.17) is 14.3 Å². The summed E-state index contributed by atoms with van der Waals surface area (Å²) in [4.78, 5) is 12.1. The van der Waals surface area contributed by atoms with Gasteiger partial charge in [0.15, 0.2) is 0 Å². The minimum Gasteiger partial charge on any atom is -0.491 e. The molecule has 0 amide bonds. The first-order valence-corrected chi connectivity index (χ1v) is 7.45. The molecule has 23 heavy (non-hydrogen) atoms. The van der Waals surface area contributed by atoms with Crippen LogP contribution in [0, 0.1) is 13.8 Å². The van der Waals surface area contributed by atoms with Crippen LogP contribution in [0.3, 0.4) is 0 Å². The van der Waals surface area contributed by atoms with E-state index in [1.54, 1.807) is 25.4 Å². The van der Waals surface area contributed by atoms with Gasteiger partial charge in [-0.15, -0.1) is 0 Å². The monoisotopic (exact) mass is 313 g/mol. The fraction of sp³-hybridized carbons (Fsp3) is 0.278. The van der Waals surface area contributed by atoms with Crippen LogP contribution in [-0.2, 0) is 7.05 Å². The molecule has 0 spiro atoms. The molecule has 0 aliphatic heterocycles. The van der Waals surface area contributed by atoms with E-state index in [0.29, 0.717) is 16.7 Å². The lowest BCUT2D eigenvalue weighted by atomic mass is 10.0. The van der Waals surface area contributed by atoms with E-state index >= 15 is 0 Å². The smallest absolute Gasteiger partial charge is 0.261 e. The molecule has 3 aromatic rings. The number of aryl methyl sites for hydroxylation is 3. The minimum absolute atomic E-state index is 0.0203. The lowest BCUT2D eigenvalue weighted by Crippen LogP contribution is -2.14. The van der Waals surface area contributed by atoms with Crippen molar-refractivity contribution < 1.29 is 14.3 Å². The van der Waals surface area contributed by atoms with Gasteiger partial charge in [-0.1, -0.05) is 0 Å². The van der Waals surface area contributed by atoms with Crippen molar-refractivity contribution in [3.63, 3.8) is 0 Å². The van der Waals surface area contributed by atoms with Crippen molar-refractivity contribution in [3.05, 3.63) is 51.9 Å². The van der Waals surface area contributed by atoms with Gasteiger partial charge in [-0.2, -0.15) is 0 Å². The van der Waals surface area contributed by atoms with Crippen molar-refractivity contribution in [2.45, 2.75) is 13.8 Å². The Morgan fingerprint density at radius 3 is 2.57 bits per heavy atom. The third-order valence-corrected chi connectivity index (χ3v) is 3.84. The summed E-state index contributed by atoms with van der Waals surface area (Å²) in [6.07, 6.45) is 1.69. The zero-order valence-electron chi connectivity index (χ0n) is 13.4. The number of pyridine rings is 1. The van der Waals surface area contributed by atoms with E-state index < -0.39 is 0 Å². The van der Waals surface area contributed by atoms with Crippen LogP contribution in [0.2, 0.25) is 0 Å². The summed E-state index contributed by atoms with van der Waals surface area (Å²) in [7, 11) is 1.72. The van der Waals surface area contributed by atoms with Crippen molar-refractivity contribution >= 4 is 11.0 Å². The second kappa shape index (κ2) is 5.93. The molecule has 0 aliphatic rings. The molecule has 0 saturated heterocycles. The number of hydrogen-bond acceptors (Lipinski definition) is 4. The SMILES string of the molecule is Cc1cc(-c2cc3c(=O)n(C)ccc3o2)cc(C)c1OCCO. The molecule has 0 bridgehead atoms. The Kier molecular flexibility index (Phi) is 3.96. The zero-order valence-corrected chi connectivity index (χ0v) is 13.4. The summed E-state index contributed by atoms with van der Waals surface area (Å²) >= 11 is 0. The summed E-state index contributed by atoms with van der Waals surface area (Å²) in [5, 5.41) is 9.47. The topological polar surface area (TPSA) is 64.6 Å². The van der Waals surface area contributed by atoms with Crippen LogP contribution in [0.25, 0.3) is 22.3 Å². The molecule has 1 N–H and O–H groups in total. The Morgan fingerprint density at radius 2 is 1.91 bits per heavy atom. The van der Waals surface area contributed by atoms with Crippen molar-refractivity contribution in [1.29, 1.82) is 0 Å². The molecule has 0 radical (unpaired) electrons. The number of aliphatic hydroxyl groups is 1. The van der Waals surface area contributed by atoms with Gasteiger partial charge in [0.05, 0.1) is 12.0 Å². The molecule has 120 valence electrons. The van der Waals surface area contributed by atoms with Gasteiger partial charge in [0, 0.05) is 18.8 Å². The normalized spacial score (nSPS) is 11.1. The highest BCUT2D eigenvalue weighted by Gasteiger charge is 2.13.